The van der Waals surface area contributed by atoms with Gasteiger partial charge in [0.1, 0.15) is 0 Å². The molecule has 0 radical (unpaired) electrons. The van der Waals surface area contributed by atoms with Gasteiger partial charge in [-0.25, -0.2) is 8.42 Å². The van der Waals surface area contributed by atoms with Crippen molar-refractivity contribution in [2.24, 2.45) is 0 Å². The number of hydrogen-bond acceptors (Lipinski definition) is 5. The van der Waals surface area contributed by atoms with Crippen molar-refractivity contribution in [2.45, 2.75) is 12.8 Å². The molecule has 0 amide bonds. The smallest absolute Gasteiger partial charge is 0.305 e. The highest BCUT2D eigenvalue weighted by Crippen LogP contribution is 2.12. The van der Waals surface area contributed by atoms with Gasteiger partial charge in [0.05, 0.1) is 24.5 Å². The number of hydrogen-bond donors (Lipinski definition) is 1. The second-order valence-corrected chi connectivity index (χ2v) is 5.64. The molecule has 0 aliphatic rings. The predicted octanol–water partition coefficient (Wildman–Crippen LogP) is 1.25. The number of ether oxygens (including phenoxy) is 1. The third-order valence-electron chi connectivity index (χ3n) is 2.29. The van der Waals surface area contributed by atoms with Crippen LogP contribution in [0.25, 0.3) is 0 Å². The van der Waals surface area contributed by atoms with Gasteiger partial charge in [0, 0.05) is 12.1 Å². The summed E-state index contributed by atoms with van der Waals surface area (Å²) in [5.41, 5.74) is 0.701. The quantitative estimate of drug-likeness (QED) is 0.792. The molecule has 0 atom stereocenters. The highest BCUT2D eigenvalue weighted by Gasteiger charge is 2.12. The van der Waals surface area contributed by atoms with E-state index >= 15 is 0 Å². The molecule has 0 aliphatic carbocycles. The monoisotopic (exact) mass is 282 g/mol. The Hall–Kier alpha value is -2.07. The van der Waals surface area contributed by atoms with Crippen LogP contribution in [0, 0.1) is 11.3 Å². The molecule has 0 heterocycles. The predicted molar refractivity (Wildman–Crippen MR) is 69.8 cm³/mol. The van der Waals surface area contributed by atoms with Gasteiger partial charge in [-0.1, -0.05) is 6.07 Å². The van der Waals surface area contributed by atoms with Gasteiger partial charge in [0.15, 0.2) is 0 Å². The van der Waals surface area contributed by atoms with Crippen molar-refractivity contribution in [1.82, 2.24) is 0 Å². The molecule has 1 N–H and O–H groups in total. The Morgan fingerprint density at radius 2 is 2.21 bits per heavy atom. The molecule has 0 fully saturated rings. The van der Waals surface area contributed by atoms with E-state index in [0.717, 1.165) is 0 Å². The molecule has 7 heteroatoms. The molecule has 1 rings (SSSR count). The van der Waals surface area contributed by atoms with E-state index in [1.54, 1.807) is 18.2 Å². The fourth-order valence-corrected chi connectivity index (χ4v) is 2.50. The number of anilines is 1. The molecule has 1 aromatic rings. The average molecular weight is 282 g/mol. The zero-order valence-electron chi connectivity index (χ0n) is 10.4. The largest absolute Gasteiger partial charge is 0.469 e. The van der Waals surface area contributed by atoms with Crippen molar-refractivity contribution in [3.8, 4) is 6.07 Å². The van der Waals surface area contributed by atoms with Crippen LogP contribution in [-0.2, 0) is 19.6 Å². The fourth-order valence-electron chi connectivity index (χ4n) is 1.39. The lowest BCUT2D eigenvalue weighted by Crippen LogP contribution is -2.17. The van der Waals surface area contributed by atoms with Crippen molar-refractivity contribution in [1.29, 1.82) is 5.26 Å². The van der Waals surface area contributed by atoms with E-state index in [4.69, 9.17) is 5.26 Å². The maximum absolute atomic E-state index is 11.7. The van der Waals surface area contributed by atoms with Crippen LogP contribution in [0.5, 0.6) is 0 Å². The van der Waals surface area contributed by atoms with Crippen molar-refractivity contribution in [2.75, 3.05) is 17.6 Å². The second kappa shape index (κ2) is 6.75. The Morgan fingerprint density at radius 1 is 1.47 bits per heavy atom. The molecule has 0 aliphatic heterocycles. The maximum Gasteiger partial charge on any atom is 0.305 e. The Kier molecular flexibility index (Phi) is 5.33. The number of nitriles is 1. The van der Waals surface area contributed by atoms with E-state index in [1.165, 1.54) is 13.2 Å². The van der Waals surface area contributed by atoms with Gasteiger partial charge in [-0.3, -0.25) is 9.52 Å². The normalized spacial score (nSPS) is 10.5. The zero-order chi connectivity index (χ0) is 14.3. The molecule has 6 nitrogen and oxygen atoms in total. The van der Waals surface area contributed by atoms with Crippen LogP contribution in [0.1, 0.15) is 18.4 Å². The highest BCUT2D eigenvalue weighted by molar-refractivity contribution is 7.92. The molecule has 0 spiro atoms. The minimum absolute atomic E-state index is 0.0512. The van der Waals surface area contributed by atoms with Crippen LogP contribution in [0.2, 0.25) is 0 Å². The minimum atomic E-state index is -3.53. The highest BCUT2D eigenvalue weighted by atomic mass is 32.2. The van der Waals surface area contributed by atoms with E-state index in [0.29, 0.717) is 11.3 Å². The summed E-state index contributed by atoms with van der Waals surface area (Å²) in [6, 6.07) is 8.09. The van der Waals surface area contributed by atoms with Crippen molar-refractivity contribution in [3.63, 3.8) is 0 Å². The Morgan fingerprint density at radius 3 is 2.84 bits per heavy atom. The molecule has 0 aromatic heterocycles. The molecular weight excluding hydrogens is 268 g/mol. The second-order valence-electron chi connectivity index (χ2n) is 3.79. The summed E-state index contributed by atoms with van der Waals surface area (Å²) >= 11 is 0. The number of carbonyl (C=O) groups excluding carboxylic acids is 1. The number of rotatable bonds is 6. The SMILES string of the molecule is COC(=O)CCCS(=O)(=O)Nc1cccc(C#N)c1. The summed E-state index contributed by atoms with van der Waals surface area (Å²) in [4.78, 5) is 10.9. The number of nitrogens with zero attached hydrogens (tertiary/aromatic N) is 1. The molecule has 0 saturated carbocycles. The van der Waals surface area contributed by atoms with Gasteiger partial charge < -0.3 is 4.74 Å². The first kappa shape index (κ1) is 15.0. The summed E-state index contributed by atoms with van der Waals surface area (Å²) in [5.74, 6) is -0.625. The zero-order valence-corrected chi connectivity index (χ0v) is 11.2. The van der Waals surface area contributed by atoms with E-state index < -0.39 is 16.0 Å². The van der Waals surface area contributed by atoms with Gasteiger partial charge >= 0.3 is 5.97 Å². The topological polar surface area (TPSA) is 96.3 Å². The van der Waals surface area contributed by atoms with Crippen molar-refractivity contribution >= 4 is 21.7 Å². The Balaban J connectivity index is 2.59. The number of nitrogens with one attached hydrogen (secondary N) is 1. The van der Waals surface area contributed by atoms with Gasteiger partial charge in [-0.2, -0.15) is 5.26 Å². The van der Waals surface area contributed by atoms with Gasteiger partial charge in [0.25, 0.3) is 0 Å². The van der Waals surface area contributed by atoms with Crippen molar-refractivity contribution < 1.29 is 17.9 Å². The molecule has 0 bridgehead atoms. The van der Waals surface area contributed by atoms with E-state index in [-0.39, 0.29) is 18.6 Å². The van der Waals surface area contributed by atoms with E-state index in [9.17, 15) is 13.2 Å². The van der Waals surface area contributed by atoms with Crippen LogP contribution >= 0.6 is 0 Å². The van der Waals surface area contributed by atoms with Crippen LogP contribution < -0.4 is 4.72 Å². The summed E-state index contributed by atoms with van der Waals surface area (Å²) in [5, 5.41) is 8.71. The molecule has 19 heavy (non-hydrogen) atoms. The Labute approximate surface area is 112 Å². The van der Waals surface area contributed by atoms with Crippen LogP contribution in [0.4, 0.5) is 5.69 Å². The van der Waals surface area contributed by atoms with Gasteiger partial charge in [-0.15, -0.1) is 0 Å². The van der Waals surface area contributed by atoms with Gasteiger partial charge in [-0.05, 0) is 24.6 Å². The molecule has 1 aromatic carbocycles. The molecular formula is C12H14N2O4S. The van der Waals surface area contributed by atoms with Gasteiger partial charge in [0.2, 0.25) is 10.0 Å². The average Bonchev–Trinajstić information content (AvgIpc) is 2.37. The number of carbonyl (C=O) groups is 1. The first-order chi connectivity index (χ1) is 8.96. The fraction of sp³-hybridized carbons (Fsp3) is 0.333. The van der Waals surface area contributed by atoms with Crippen LogP contribution in [0.3, 0.4) is 0 Å². The molecule has 102 valence electrons. The third-order valence-corrected chi connectivity index (χ3v) is 3.66. The summed E-state index contributed by atoms with van der Waals surface area (Å²) in [7, 11) is -2.28. The number of esters is 1. The first-order valence-corrected chi connectivity index (χ1v) is 7.19. The third kappa shape index (κ3) is 5.40. The number of benzene rings is 1. The standard InChI is InChI=1S/C12H14N2O4S/c1-18-12(15)6-3-7-19(16,17)14-11-5-2-4-10(8-11)9-13/h2,4-5,8,14H,3,6-7H2,1H3. The lowest BCUT2D eigenvalue weighted by Gasteiger charge is -2.07. The first-order valence-electron chi connectivity index (χ1n) is 5.54. The lowest BCUT2D eigenvalue weighted by atomic mass is 10.2. The van der Waals surface area contributed by atoms with Crippen molar-refractivity contribution in [3.05, 3.63) is 29.8 Å². The summed E-state index contributed by atoms with van der Waals surface area (Å²) < 4.78 is 30.2. The van der Waals surface area contributed by atoms with E-state index in [1.807, 2.05) is 6.07 Å². The summed E-state index contributed by atoms with van der Waals surface area (Å²) in [6.45, 7) is 0. The maximum atomic E-state index is 11.7. The lowest BCUT2D eigenvalue weighted by molar-refractivity contribution is -0.140. The number of methoxy groups -OCH3 is 1. The minimum Gasteiger partial charge on any atom is -0.469 e. The number of sulfonamides is 1. The van der Waals surface area contributed by atoms with Crippen LogP contribution in [0.15, 0.2) is 24.3 Å². The Bertz CT molecular complexity index is 590. The molecule has 0 saturated heterocycles. The van der Waals surface area contributed by atoms with E-state index in [2.05, 4.69) is 9.46 Å². The summed E-state index contributed by atoms with van der Waals surface area (Å²) in [6.07, 6.45) is 0.232. The van der Waals surface area contributed by atoms with Crippen LogP contribution in [-0.4, -0.2) is 27.2 Å². The molecule has 0 unspecified atom stereocenters.